The summed E-state index contributed by atoms with van der Waals surface area (Å²) in [5.74, 6) is 0.197. The molecular weight excluding hydrogens is 572 g/mol. The predicted molar refractivity (Wildman–Crippen MR) is 155 cm³/mol. The number of halogens is 1. The van der Waals surface area contributed by atoms with E-state index < -0.39 is 21.7 Å². The molecule has 0 aliphatic carbocycles. The van der Waals surface area contributed by atoms with E-state index in [1.807, 2.05) is 24.3 Å². The molecule has 0 aliphatic rings. The minimum atomic E-state index is -4.02. The van der Waals surface area contributed by atoms with Gasteiger partial charge in [0, 0.05) is 47.6 Å². The molecule has 1 aromatic carbocycles. The van der Waals surface area contributed by atoms with Crippen molar-refractivity contribution in [1.29, 1.82) is 0 Å². The highest BCUT2D eigenvalue weighted by Gasteiger charge is 2.29. The van der Waals surface area contributed by atoms with E-state index in [9.17, 15) is 18.6 Å². The second-order valence-electron chi connectivity index (χ2n) is 9.56. The summed E-state index contributed by atoms with van der Waals surface area (Å²) in [4.78, 5) is 9.55. The molecule has 0 amide bonds. The summed E-state index contributed by atoms with van der Waals surface area (Å²) in [7, 11) is -2.39. The molecule has 4 aromatic heterocycles. The van der Waals surface area contributed by atoms with Gasteiger partial charge in [-0.3, -0.25) is 9.67 Å². The van der Waals surface area contributed by atoms with Gasteiger partial charge in [-0.2, -0.15) is 9.82 Å². The average Bonchev–Trinajstić information content (AvgIpc) is 3.55. The number of nitrogens with zero attached hydrogens (tertiary/aromatic N) is 4. The number of nitrogens with two attached hydrogens (primary N) is 1. The maximum Gasteiger partial charge on any atom is 0.244 e. The van der Waals surface area contributed by atoms with Gasteiger partial charge in [0.25, 0.3) is 0 Å². The number of sulfonamides is 1. The molecule has 40 heavy (non-hydrogen) atoms. The summed E-state index contributed by atoms with van der Waals surface area (Å²) in [6, 6.07) is 13.3. The topological polar surface area (TPSA) is 156 Å². The van der Waals surface area contributed by atoms with Crippen LogP contribution in [0, 0.1) is 0 Å². The van der Waals surface area contributed by atoms with E-state index in [0.29, 0.717) is 16.1 Å². The zero-order valence-corrected chi connectivity index (χ0v) is 24.0. The van der Waals surface area contributed by atoms with Crippen LogP contribution in [-0.2, 0) is 22.7 Å². The minimum Gasteiger partial charge on any atom is -0.396 e. The van der Waals surface area contributed by atoms with Gasteiger partial charge in [0.1, 0.15) is 10.7 Å². The fraction of sp³-hybridized carbons (Fsp3) is 0.222. The number of hydrogen-bond acceptors (Lipinski definition) is 9. The van der Waals surface area contributed by atoms with E-state index in [4.69, 9.17) is 17.3 Å². The quantitative estimate of drug-likeness (QED) is 0.198. The van der Waals surface area contributed by atoms with Crippen LogP contribution in [0.15, 0.2) is 72.0 Å². The number of nitrogen functional groups attached to an aromatic ring is 1. The van der Waals surface area contributed by atoms with Gasteiger partial charge in [0.15, 0.2) is 0 Å². The summed E-state index contributed by atoms with van der Waals surface area (Å²) in [5, 5.41) is 25.3. The Bertz CT molecular complexity index is 1800. The standard InChI is InChI=1S/C27H27ClN6O4S2/c1-27(36,9-11-35)17-8-10-30-21(13-17)19-5-3-4-16-12-22(39-26(16)19)25(24-20(28)6-7-23(29)32-24)33-40(37,38)18-14-31-34(2)15-18/h3-8,10,12-15,25,33,35-36H,9,11H2,1-2H3,(H2,29,32)/t25-,27?/m1/s1. The second-order valence-corrected chi connectivity index (χ2v) is 12.8. The number of aliphatic hydroxyl groups is 2. The lowest BCUT2D eigenvalue weighted by Gasteiger charge is -2.23. The first-order valence-corrected chi connectivity index (χ1v) is 14.9. The van der Waals surface area contributed by atoms with Crippen LogP contribution in [0.5, 0.6) is 0 Å². The van der Waals surface area contributed by atoms with Crippen LogP contribution in [0.2, 0.25) is 5.02 Å². The summed E-state index contributed by atoms with van der Waals surface area (Å²) in [6.07, 6.45) is 4.46. The summed E-state index contributed by atoms with van der Waals surface area (Å²) < 4.78 is 31.7. The van der Waals surface area contributed by atoms with Crippen molar-refractivity contribution >= 4 is 48.9 Å². The third kappa shape index (κ3) is 5.59. The van der Waals surface area contributed by atoms with Crippen LogP contribution >= 0.6 is 22.9 Å². The van der Waals surface area contributed by atoms with Crippen LogP contribution in [0.3, 0.4) is 0 Å². The van der Waals surface area contributed by atoms with Gasteiger partial charge >= 0.3 is 0 Å². The minimum absolute atomic E-state index is 0.00206. The number of nitrogens with one attached hydrogen (secondary N) is 1. The molecule has 4 heterocycles. The van der Waals surface area contributed by atoms with Crippen molar-refractivity contribution < 1.29 is 18.6 Å². The van der Waals surface area contributed by atoms with Gasteiger partial charge in [-0.1, -0.05) is 29.8 Å². The lowest BCUT2D eigenvalue weighted by molar-refractivity contribution is 0.0299. The monoisotopic (exact) mass is 598 g/mol. The Balaban J connectivity index is 1.64. The number of anilines is 1. The molecule has 5 rings (SSSR count). The Morgan fingerprint density at radius 1 is 1.23 bits per heavy atom. The second kappa shape index (κ2) is 10.9. The maximum absolute atomic E-state index is 13.4. The molecule has 0 fully saturated rings. The van der Waals surface area contributed by atoms with E-state index in [-0.39, 0.29) is 34.5 Å². The van der Waals surface area contributed by atoms with Crippen molar-refractivity contribution in [2.75, 3.05) is 12.3 Å². The van der Waals surface area contributed by atoms with E-state index in [0.717, 1.165) is 15.6 Å². The Morgan fingerprint density at radius 3 is 2.75 bits per heavy atom. The Hall–Kier alpha value is -3.39. The number of pyridine rings is 2. The first-order chi connectivity index (χ1) is 19.0. The molecule has 208 valence electrons. The van der Waals surface area contributed by atoms with Crippen molar-refractivity contribution in [3.05, 3.63) is 88.3 Å². The first kappa shape index (κ1) is 28.1. The molecule has 0 aliphatic heterocycles. The first-order valence-electron chi connectivity index (χ1n) is 12.2. The third-order valence-electron chi connectivity index (χ3n) is 6.54. The summed E-state index contributed by atoms with van der Waals surface area (Å²) >= 11 is 7.89. The smallest absolute Gasteiger partial charge is 0.244 e. The van der Waals surface area contributed by atoms with Gasteiger partial charge in [-0.25, -0.2) is 13.4 Å². The Kier molecular flexibility index (Phi) is 7.66. The molecule has 0 saturated heterocycles. The molecule has 0 spiro atoms. The summed E-state index contributed by atoms with van der Waals surface area (Å²) in [5.41, 5.74) is 7.05. The number of thiophene rings is 1. The van der Waals surface area contributed by atoms with E-state index in [1.54, 1.807) is 44.4 Å². The van der Waals surface area contributed by atoms with E-state index in [2.05, 4.69) is 19.8 Å². The molecule has 1 unspecified atom stereocenters. The SMILES string of the molecule is Cn1cc(S(=O)(=O)N[C@H](c2cc3cccc(-c4cc(C(C)(O)CCO)ccn4)c3s2)c2nc(N)ccc2Cl)cn1. The number of aryl methyl sites for hydroxylation is 1. The molecule has 2 atom stereocenters. The number of aliphatic hydroxyl groups excluding tert-OH is 1. The number of fused-ring (bicyclic) bond motifs is 1. The zero-order chi connectivity index (χ0) is 28.7. The molecule has 0 saturated carbocycles. The number of benzene rings is 1. The lowest BCUT2D eigenvalue weighted by atomic mass is 9.92. The van der Waals surface area contributed by atoms with E-state index >= 15 is 0 Å². The molecular formula is C27H27ClN6O4S2. The summed E-state index contributed by atoms with van der Waals surface area (Å²) in [6.45, 7) is 1.49. The van der Waals surface area contributed by atoms with Crippen LogP contribution in [0.4, 0.5) is 5.82 Å². The average molecular weight is 599 g/mol. The van der Waals surface area contributed by atoms with Crippen LogP contribution < -0.4 is 10.5 Å². The molecule has 13 heteroatoms. The Morgan fingerprint density at radius 2 is 2.02 bits per heavy atom. The van der Waals surface area contributed by atoms with Gasteiger partial charge in [-0.15, -0.1) is 11.3 Å². The molecule has 0 radical (unpaired) electrons. The van der Waals surface area contributed by atoms with Crippen molar-refractivity contribution in [3.8, 4) is 11.3 Å². The van der Waals surface area contributed by atoms with Crippen LogP contribution in [0.25, 0.3) is 21.3 Å². The highest BCUT2D eigenvalue weighted by molar-refractivity contribution is 7.89. The number of rotatable bonds is 9. The highest BCUT2D eigenvalue weighted by Crippen LogP contribution is 2.40. The van der Waals surface area contributed by atoms with Crippen molar-refractivity contribution in [3.63, 3.8) is 0 Å². The van der Waals surface area contributed by atoms with Crippen LogP contribution in [0.1, 0.15) is 35.5 Å². The van der Waals surface area contributed by atoms with Gasteiger partial charge in [0.2, 0.25) is 10.0 Å². The lowest BCUT2D eigenvalue weighted by Crippen LogP contribution is -2.29. The van der Waals surface area contributed by atoms with Gasteiger partial charge < -0.3 is 15.9 Å². The normalized spacial score (nSPS) is 14.3. The van der Waals surface area contributed by atoms with Gasteiger partial charge in [-0.05, 0) is 48.2 Å². The van der Waals surface area contributed by atoms with E-state index in [1.165, 1.54) is 28.4 Å². The Labute approximate surface area is 240 Å². The van der Waals surface area contributed by atoms with Crippen LogP contribution in [-0.4, -0.2) is 45.0 Å². The number of aromatic nitrogens is 4. The van der Waals surface area contributed by atoms with Crippen molar-refractivity contribution in [2.45, 2.75) is 29.9 Å². The fourth-order valence-corrected chi connectivity index (χ4v) is 7.08. The molecule has 5 N–H and O–H groups in total. The van der Waals surface area contributed by atoms with Gasteiger partial charge in [0.05, 0.1) is 34.3 Å². The molecule has 0 bridgehead atoms. The van der Waals surface area contributed by atoms with Crippen molar-refractivity contribution in [1.82, 2.24) is 24.5 Å². The fourth-order valence-electron chi connectivity index (χ4n) is 4.39. The molecule has 10 nitrogen and oxygen atoms in total. The maximum atomic E-state index is 13.4. The predicted octanol–water partition coefficient (Wildman–Crippen LogP) is 3.99. The molecule has 5 aromatic rings. The zero-order valence-electron chi connectivity index (χ0n) is 21.6. The largest absolute Gasteiger partial charge is 0.396 e. The number of hydrogen-bond donors (Lipinski definition) is 4. The highest BCUT2D eigenvalue weighted by atomic mass is 35.5. The van der Waals surface area contributed by atoms with Crippen molar-refractivity contribution in [2.24, 2.45) is 7.05 Å². The third-order valence-corrected chi connectivity index (χ3v) is 9.48.